The van der Waals surface area contributed by atoms with E-state index in [1.54, 1.807) is 24.5 Å². The van der Waals surface area contributed by atoms with Gasteiger partial charge in [-0.2, -0.15) is 0 Å². The molecule has 3 N–H and O–H groups in total. The number of nitrogens with one attached hydrogen (secondary N) is 1. The summed E-state index contributed by atoms with van der Waals surface area (Å²) in [5.74, 6) is 1.48. The average Bonchev–Trinajstić information content (AvgIpc) is 3.61. The third-order valence-electron chi connectivity index (χ3n) is 8.50. The van der Waals surface area contributed by atoms with Gasteiger partial charge in [0.15, 0.2) is 0 Å². The van der Waals surface area contributed by atoms with Gasteiger partial charge in [-0.15, -0.1) is 0 Å². The van der Waals surface area contributed by atoms with Crippen LogP contribution in [0.1, 0.15) is 59.5 Å². The Labute approximate surface area is 237 Å². The fourth-order valence-corrected chi connectivity index (χ4v) is 6.19. The molecule has 5 heterocycles. The first-order valence-electron chi connectivity index (χ1n) is 14.2. The SMILES string of the molecule is CC1(C(=O)N2CCC[C@@H](c3nc(-c4ccc(C(=O)Nc5ncc6c(n5)CCC6)cc4)c4c(N)nccn34)C2)COC1. The molecule has 0 radical (unpaired) electrons. The number of fused-ring (bicyclic) bond motifs is 2. The summed E-state index contributed by atoms with van der Waals surface area (Å²) in [5.41, 5.74) is 10.8. The number of aryl methyl sites for hydroxylation is 2. The number of anilines is 2. The molecule has 1 atom stereocenters. The highest BCUT2D eigenvalue weighted by atomic mass is 16.5. The molecule has 0 spiro atoms. The van der Waals surface area contributed by atoms with Gasteiger partial charge in [0.2, 0.25) is 11.9 Å². The van der Waals surface area contributed by atoms with Crippen LogP contribution in [0.15, 0.2) is 42.9 Å². The maximum absolute atomic E-state index is 13.2. The standard InChI is InChI=1S/C30H32N8O3/c1-30(16-41-17-30)28(40)37-12-3-5-21(15-37)26-35-23(24-25(31)32-11-13-38(24)26)18-7-9-19(10-8-18)27(39)36-29-33-14-20-4-2-6-22(20)34-29/h7-11,13-14,21H,2-6,12,15-17H2,1H3,(H2,31,32)(H,33,34,36,39)/t21-/m1/s1. The van der Waals surface area contributed by atoms with E-state index in [0.717, 1.165) is 61.3 Å². The van der Waals surface area contributed by atoms with Crippen LogP contribution in [0, 0.1) is 5.41 Å². The number of carbonyl (C=O) groups excluding carboxylic acids is 2. The molecule has 2 saturated heterocycles. The molecule has 11 heteroatoms. The Kier molecular flexibility index (Phi) is 6.19. The summed E-state index contributed by atoms with van der Waals surface area (Å²) in [4.78, 5) is 46.3. The topological polar surface area (TPSA) is 141 Å². The summed E-state index contributed by atoms with van der Waals surface area (Å²) >= 11 is 0. The molecule has 3 aromatic heterocycles. The first-order valence-corrected chi connectivity index (χ1v) is 14.2. The molecular formula is C30H32N8O3. The Bertz CT molecular complexity index is 1660. The number of aromatic nitrogens is 5. The minimum Gasteiger partial charge on any atom is -0.382 e. The highest BCUT2D eigenvalue weighted by Gasteiger charge is 2.44. The number of carbonyl (C=O) groups is 2. The van der Waals surface area contributed by atoms with Crippen molar-refractivity contribution < 1.29 is 14.3 Å². The van der Waals surface area contributed by atoms with Gasteiger partial charge in [0.25, 0.3) is 5.91 Å². The second kappa shape index (κ2) is 9.91. The molecule has 1 aliphatic carbocycles. The average molecular weight is 553 g/mol. The lowest BCUT2D eigenvalue weighted by Gasteiger charge is -2.42. The van der Waals surface area contributed by atoms with E-state index >= 15 is 0 Å². The van der Waals surface area contributed by atoms with Gasteiger partial charge in [-0.25, -0.2) is 19.9 Å². The largest absolute Gasteiger partial charge is 0.382 e. The van der Waals surface area contributed by atoms with Crippen molar-refractivity contribution in [1.82, 2.24) is 29.2 Å². The fourth-order valence-electron chi connectivity index (χ4n) is 6.19. The zero-order chi connectivity index (χ0) is 28.1. The molecule has 0 bridgehead atoms. The highest BCUT2D eigenvalue weighted by Crippen LogP contribution is 2.36. The number of hydrogen-bond acceptors (Lipinski definition) is 8. The van der Waals surface area contributed by atoms with Gasteiger partial charge in [-0.3, -0.25) is 19.3 Å². The van der Waals surface area contributed by atoms with Crippen LogP contribution in [0.2, 0.25) is 0 Å². The van der Waals surface area contributed by atoms with Crippen molar-refractivity contribution in [3.05, 3.63) is 65.5 Å². The van der Waals surface area contributed by atoms with Gasteiger partial charge in [-0.1, -0.05) is 12.1 Å². The Morgan fingerprint density at radius 2 is 1.93 bits per heavy atom. The summed E-state index contributed by atoms with van der Waals surface area (Å²) in [6.45, 7) is 4.25. The van der Waals surface area contributed by atoms with Crippen molar-refractivity contribution >= 4 is 29.1 Å². The first kappa shape index (κ1) is 25.6. The number of benzene rings is 1. The van der Waals surface area contributed by atoms with E-state index in [-0.39, 0.29) is 17.7 Å². The van der Waals surface area contributed by atoms with Crippen molar-refractivity contribution in [3.8, 4) is 11.3 Å². The van der Waals surface area contributed by atoms with Crippen LogP contribution in [-0.2, 0) is 22.4 Å². The molecule has 2 amide bonds. The lowest BCUT2D eigenvalue weighted by Crippen LogP contribution is -2.55. The molecule has 210 valence electrons. The molecule has 2 fully saturated rings. The number of hydrogen-bond donors (Lipinski definition) is 2. The second-order valence-electron chi connectivity index (χ2n) is 11.5. The van der Waals surface area contributed by atoms with Crippen LogP contribution in [0.3, 0.4) is 0 Å². The van der Waals surface area contributed by atoms with E-state index in [4.69, 9.17) is 15.5 Å². The van der Waals surface area contributed by atoms with Crippen molar-refractivity contribution in [1.29, 1.82) is 0 Å². The highest BCUT2D eigenvalue weighted by molar-refractivity contribution is 6.03. The predicted octanol–water partition coefficient (Wildman–Crippen LogP) is 3.25. The lowest BCUT2D eigenvalue weighted by atomic mass is 9.85. The van der Waals surface area contributed by atoms with E-state index in [2.05, 4.69) is 20.3 Å². The molecule has 1 aromatic carbocycles. The number of amides is 2. The molecular weight excluding hydrogens is 520 g/mol. The van der Waals surface area contributed by atoms with Gasteiger partial charge < -0.3 is 15.4 Å². The normalized spacial score (nSPS) is 19.5. The maximum atomic E-state index is 13.2. The molecule has 3 aliphatic rings. The molecule has 0 saturated carbocycles. The van der Waals surface area contributed by atoms with E-state index in [1.807, 2.05) is 34.6 Å². The smallest absolute Gasteiger partial charge is 0.258 e. The van der Waals surface area contributed by atoms with Crippen LogP contribution >= 0.6 is 0 Å². The van der Waals surface area contributed by atoms with Crippen LogP contribution < -0.4 is 11.1 Å². The molecule has 11 nitrogen and oxygen atoms in total. The first-order chi connectivity index (χ1) is 19.9. The number of likely N-dealkylation sites (tertiary alicyclic amines) is 1. The minimum atomic E-state index is -0.434. The van der Waals surface area contributed by atoms with Gasteiger partial charge in [0.05, 0.1) is 18.6 Å². The molecule has 7 rings (SSSR count). The summed E-state index contributed by atoms with van der Waals surface area (Å²) < 4.78 is 7.33. The Hall–Kier alpha value is -4.38. The zero-order valence-electron chi connectivity index (χ0n) is 23.0. The van der Waals surface area contributed by atoms with Crippen molar-refractivity contribution in [2.45, 2.75) is 44.9 Å². The Balaban J connectivity index is 1.15. The second-order valence-corrected chi connectivity index (χ2v) is 11.5. The van der Waals surface area contributed by atoms with Gasteiger partial charge in [0, 0.05) is 54.4 Å². The number of nitrogens with zero attached hydrogens (tertiary/aromatic N) is 6. The van der Waals surface area contributed by atoms with Crippen molar-refractivity contribution in [3.63, 3.8) is 0 Å². The number of rotatable bonds is 5. The Morgan fingerprint density at radius 1 is 1.10 bits per heavy atom. The van der Waals surface area contributed by atoms with Crippen LogP contribution in [0.25, 0.3) is 16.8 Å². The summed E-state index contributed by atoms with van der Waals surface area (Å²) in [6.07, 6.45) is 10.1. The molecule has 4 aromatic rings. The van der Waals surface area contributed by atoms with Crippen molar-refractivity contribution in [2.24, 2.45) is 5.41 Å². The van der Waals surface area contributed by atoms with E-state index in [9.17, 15) is 9.59 Å². The third kappa shape index (κ3) is 4.50. The maximum Gasteiger partial charge on any atom is 0.258 e. The quantitative estimate of drug-likeness (QED) is 0.384. The predicted molar refractivity (Wildman–Crippen MR) is 152 cm³/mol. The monoisotopic (exact) mass is 552 g/mol. The van der Waals surface area contributed by atoms with Crippen LogP contribution in [0.5, 0.6) is 0 Å². The summed E-state index contributed by atoms with van der Waals surface area (Å²) in [7, 11) is 0. The third-order valence-corrected chi connectivity index (χ3v) is 8.50. The van der Waals surface area contributed by atoms with E-state index in [0.29, 0.717) is 48.3 Å². The number of ether oxygens (including phenoxy) is 1. The van der Waals surface area contributed by atoms with E-state index < -0.39 is 5.41 Å². The van der Waals surface area contributed by atoms with Gasteiger partial charge in [-0.05, 0) is 56.7 Å². The zero-order valence-corrected chi connectivity index (χ0v) is 23.0. The number of nitrogens with two attached hydrogens (primary N) is 1. The van der Waals surface area contributed by atoms with Crippen LogP contribution in [0.4, 0.5) is 11.8 Å². The van der Waals surface area contributed by atoms with Crippen LogP contribution in [-0.4, -0.2) is 67.4 Å². The molecule has 41 heavy (non-hydrogen) atoms. The number of imidazole rings is 1. The number of piperidine rings is 1. The molecule has 0 unspecified atom stereocenters. The van der Waals surface area contributed by atoms with E-state index in [1.165, 1.54) is 0 Å². The van der Waals surface area contributed by atoms with Crippen molar-refractivity contribution in [2.75, 3.05) is 37.4 Å². The number of nitrogen functional groups attached to an aromatic ring is 1. The summed E-state index contributed by atoms with van der Waals surface area (Å²) in [6, 6.07) is 7.26. The fraction of sp³-hybridized carbons (Fsp3) is 0.400. The van der Waals surface area contributed by atoms with Gasteiger partial charge >= 0.3 is 0 Å². The van der Waals surface area contributed by atoms with Gasteiger partial charge in [0.1, 0.15) is 22.9 Å². The molecule has 2 aliphatic heterocycles. The Morgan fingerprint density at radius 3 is 2.71 bits per heavy atom. The minimum absolute atomic E-state index is 0.0534. The lowest BCUT2D eigenvalue weighted by molar-refractivity contribution is -0.169. The summed E-state index contributed by atoms with van der Waals surface area (Å²) in [5, 5.41) is 2.81.